The van der Waals surface area contributed by atoms with Crippen molar-refractivity contribution in [2.45, 2.75) is 12.6 Å². The summed E-state index contributed by atoms with van der Waals surface area (Å²) >= 11 is 3.02. The Morgan fingerprint density at radius 1 is 1.24 bits per heavy atom. The van der Waals surface area contributed by atoms with E-state index in [1.54, 1.807) is 12.1 Å². The van der Waals surface area contributed by atoms with Crippen LogP contribution in [-0.2, 0) is 6.54 Å². The topological polar surface area (TPSA) is 62.5 Å². The molecular formula is C15H13NO3S2. The van der Waals surface area contributed by atoms with E-state index in [1.807, 2.05) is 29.6 Å². The van der Waals surface area contributed by atoms with Crippen LogP contribution in [0.15, 0.2) is 52.5 Å². The van der Waals surface area contributed by atoms with E-state index < -0.39 is 6.10 Å². The van der Waals surface area contributed by atoms with E-state index in [9.17, 15) is 9.90 Å². The standard InChI is InChI=1S/C15H13NO3S2/c17-14(12-4-2-8-20-12)13-6-5-10(21-13)9-16-15(18)11-3-1-7-19-11/h1-8,14,17H,9H2,(H,16,18)/t14-/m0/s1. The normalized spacial score (nSPS) is 12.2. The highest BCUT2D eigenvalue weighted by atomic mass is 32.1. The number of hydrogen-bond acceptors (Lipinski definition) is 5. The van der Waals surface area contributed by atoms with Crippen LogP contribution in [0.4, 0.5) is 0 Å². The molecule has 3 heterocycles. The second-order valence-electron chi connectivity index (χ2n) is 4.38. The van der Waals surface area contributed by atoms with E-state index in [0.717, 1.165) is 14.6 Å². The Kier molecular flexibility index (Phi) is 4.19. The van der Waals surface area contributed by atoms with Crippen LogP contribution in [0.3, 0.4) is 0 Å². The molecule has 21 heavy (non-hydrogen) atoms. The van der Waals surface area contributed by atoms with Crippen molar-refractivity contribution in [3.05, 3.63) is 68.4 Å². The molecule has 6 heteroatoms. The van der Waals surface area contributed by atoms with Gasteiger partial charge in [-0.1, -0.05) is 6.07 Å². The molecule has 0 aliphatic rings. The van der Waals surface area contributed by atoms with Crippen molar-refractivity contribution in [2.24, 2.45) is 0 Å². The van der Waals surface area contributed by atoms with Crippen LogP contribution in [0.25, 0.3) is 0 Å². The maximum absolute atomic E-state index is 11.8. The second-order valence-corrected chi connectivity index (χ2v) is 6.56. The van der Waals surface area contributed by atoms with Crippen molar-refractivity contribution in [1.82, 2.24) is 5.32 Å². The molecule has 108 valence electrons. The zero-order valence-electron chi connectivity index (χ0n) is 11.0. The van der Waals surface area contributed by atoms with Gasteiger partial charge in [-0.05, 0) is 35.7 Å². The molecule has 0 bridgehead atoms. The van der Waals surface area contributed by atoms with Gasteiger partial charge in [0.15, 0.2) is 5.76 Å². The third-order valence-electron chi connectivity index (χ3n) is 2.93. The molecule has 0 aliphatic heterocycles. The Hall–Kier alpha value is -1.89. The summed E-state index contributed by atoms with van der Waals surface area (Å²) in [5.41, 5.74) is 0. The largest absolute Gasteiger partial charge is 0.459 e. The first-order chi connectivity index (χ1) is 10.2. The highest BCUT2D eigenvalue weighted by molar-refractivity contribution is 7.12. The summed E-state index contributed by atoms with van der Waals surface area (Å²) in [5, 5.41) is 15.0. The Balaban J connectivity index is 1.62. The highest BCUT2D eigenvalue weighted by Crippen LogP contribution is 2.30. The fourth-order valence-corrected chi connectivity index (χ4v) is 3.65. The predicted molar refractivity (Wildman–Crippen MR) is 82.6 cm³/mol. The van der Waals surface area contributed by atoms with Gasteiger partial charge in [0, 0.05) is 14.6 Å². The van der Waals surface area contributed by atoms with Gasteiger partial charge in [-0.3, -0.25) is 4.79 Å². The van der Waals surface area contributed by atoms with Gasteiger partial charge in [-0.2, -0.15) is 0 Å². The first-order valence-corrected chi connectivity index (χ1v) is 8.05. The molecule has 3 aromatic heterocycles. The van der Waals surface area contributed by atoms with E-state index in [0.29, 0.717) is 12.3 Å². The molecule has 0 radical (unpaired) electrons. The van der Waals surface area contributed by atoms with Crippen LogP contribution >= 0.6 is 22.7 Å². The minimum absolute atomic E-state index is 0.242. The molecule has 1 atom stereocenters. The number of thiophene rings is 2. The van der Waals surface area contributed by atoms with Crippen molar-refractivity contribution >= 4 is 28.6 Å². The average Bonchev–Trinajstić information content (AvgIpc) is 3.26. The quantitative estimate of drug-likeness (QED) is 0.757. The lowest BCUT2D eigenvalue weighted by molar-refractivity contribution is 0.0923. The van der Waals surface area contributed by atoms with Crippen LogP contribution in [0.2, 0.25) is 0 Å². The molecule has 0 aliphatic carbocycles. The van der Waals surface area contributed by atoms with Crippen molar-refractivity contribution in [2.75, 3.05) is 0 Å². The minimum atomic E-state index is -0.593. The van der Waals surface area contributed by atoms with Gasteiger partial charge < -0.3 is 14.8 Å². The van der Waals surface area contributed by atoms with Gasteiger partial charge in [0.25, 0.3) is 5.91 Å². The van der Waals surface area contributed by atoms with Gasteiger partial charge in [-0.25, -0.2) is 0 Å². The Bertz CT molecular complexity index is 701. The molecule has 0 unspecified atom stereocenters. The van der Waals surface area contributed by atoms with Gasteiger partial charge >= 0.3 is 0 Å². The fraction of sp³-hybridized carbons (Fsp3) is 0.133. The summed E-state index contributed by atoms with van der Waals surface area (Å²) in [4.78, 5) is 14.5. The Labute approximate surface area is 129 Å². The molecule has 2 N–H and O–H groups in total. The summed E-state index contributed by atoms with van der Waals surface area (Å²) in [5.74, 6) is 0.0548. The lowest BCUT2D eigenvalue weighted by atomic mass is 10.2. The Morgan fingerprint density at radius 3 is 2.86 bits per heavy atom. The summed E-state index contributed by atoms with van der Waals surface area (Å²) in [6.45, 7) is 0.418. The number of hydrogen-bond donors (Lipinski definition) is 2. The van der Waals surface area contributed by atoms with Crippen molar-refractivity contribution in [3.8, 4) is 0 Å². The smallest absolute Gasteiger partial charge is 0.287 e. The minimum Gasteiger partial charge on any atom is -0.459 e. The number of furan rings is 1. The number of rotatable bonds is 5. The van der Waals surface area contributed by atoms with Gasteiger partial charge in [0.1, 0.15) is 6.10 Å². The number of aliphatic hydroxyl groups is 1. The maximum atomic E-state index is 11.8. The third-order valence-corrected chi connectivity index (χ3v) is 5.00. The van der Waals surface area contributed by atoms with E-state index in [1.165, 1.54) is 28.9 Å². The van der Waals surface area contributed by atoms with Crippen molar-refractivity contribution in [1.29, 1.82) is 0 Å². The second kappa shape index (κ2) is 6.26. The molecule has 0 fully saturated rings. The third kappa shape index (κ3) is 3.24. The number of aliphatic hydroxyl groups excluding tert-OH is 1. The average molecular weight is 319 g/mol. The van der Waals surface area contributed by atoms with E-state index in [-0.39, 0.29) is 5.91 Å². The fourth-order valence-electron chi connectivity index (χ4n) is 1.89. The number of carbonyl (C=O) groups is 1. The van der Waals surface area contributed by atoms with Crippen LogP contribution in [-0.4, -0.2) is 11.0 Å². The van der Waals surface area contributed by atoms with E-state index in [2.05, 4.69) is 5.32 Å². The van der Waals surface area contributed by atoms with Crippen LogP contribution < -0.4 is 5.32 Å². The zero-order chi connectivity index (χ0) is 14.7. The monoisotopic (exact) mass is 319 g/mol. The maximum Gasteiger partial charge on any atom is 0.287 e. The van der Waals surface area contributed by atoms with Gasteiger partial charge in [0.2, 0.25) is 0 Å². The predicted octanol–water partition coefficient (Wildman–Crippen LogP) is 3.41. The summed E-state index contributed by atoms with van der Waals surface area (Å²) in [7, 11) is 0. The molecule has 3 rings (SSSR count). The zero-order valence-corrected chi connectivity index (χ0v) is 12.6. The molecule has 4 nitrogen and oxygen atoms in total. The summed E-state index contributed by atoms with van der Waals surface area (Å²) < 4.78 is 5.03. The van der Waals surface area contributed by atoms with Crippen molar-refractivity contribution < 1.29 is 14.3 Å². The first kappa shape index (κ1) is 14.1. The number of nitrogens with one attached hydrogen (secondary N) is 1. The lowest BCUT2D eigenvalue weighted by Crippen LogP contribution is -2.21. The van der Waals surface area contributed by atoms with Crippen LogP contribution in [0.5, 0.6) is 0 Å². The first-order valence-electron chi connectivity index (χ1n) is 6.36. The molecule has 3 aromatic rings. The molecule has 0 spiro atoms. The SMILES string of the molecule is O=C(NCc1ccc([C@@H](O)c2cccs2)s1)c1ccco1. The molecular weight excluding hydrogens is 306 g/mol. The molecule has 1 amide bonds. The highest BCUT2D eigenvalue weighted by Gasteiger charge is 2.14. The summed E-state index contributed by atoms with van der Waals surface area (Å²) in [6.07, 6.45) is 0.875. The molecule has 0 saturated heterocycles. The van der Waals surface area contributed by atoms with Crippen LogP contribution in [0, 0.1) is 0 Å². The number of carbonyl (C=O) groups excluding carboxylic acids is 1. The van der Waals surface area contributed by atoms with Gasteiger partial charge in [0.05, 0.1) is 12.8 Å². The van der Waals surface area contributed by atoms with Gasteiger partial charge in [-0.15, -0.1) is 22.7 Å². The molecule has 0 aromatic carbocycles. The number of amides is 1. The Morgan fingerprint density at radius 2 is 2.14 bits per heavy atom. The summed E-state index contributed by atoms with van der Waals surface area (Å²) in [6, 6.07) is 10.9. The van der Waals surface area contributed by atoms with Crippen molar-refractivity contribution in [3.63, 3.8) is 0 Å². The van der Waals surface area contributed by atoms with E-state index >= 15 is 0 Å². The van der Waals surface area contributed by atoms with Crippen LogP contribution in [0.1, 0.15) is 31.3 Å². The lowest BCUT2D eigenvalue weighted by Gasteiger charge is -2.05. The molecule has 0 saturated carbocycles. The van der Waals surface area contributed by atoms with E-state index in [4.69, 9.17) is 4.42 Å².